The highest BCUT2D eigenvalue weighted by molar-refractivity contribution is 6.30. The predicted octanol–water partition coefficient (Wildman–Crippen LogP) is 1.48. The van der Waals surface area contributed by atoms with Gasteiger partial charge >= 0.3 is 0 Å². The van der Waals surface area contributed by atoms with Crippen molar-refractivity contribution in [2.24, 2.45) is 0 Å². The lowest BCUT2D eigenvalue weighted by Crippen LogP contribution is -2.37. The molecule has 0 aromatic heterocycles. The number of nitrogens with one attached hydrogen (secondary N) is 1. The van der Waals surface area contributed by atoms with Gasteiger partial charge in [0.05, 0.1) is 24.3 Å². The molecule has 90 valence electrons. The van der Waals surface area contributed by atoms with E-state index in [1.165, 1.54) is 12.1 Å². The Labute approximate surface area is 98.9 Å². The fraction of sp³-hybridized carbons (Fsp3) is 0.455. The molecule has 16 heavy (non-hydrogen) atoms. The van der Waals surface area contributed by atoms with E-state index in [1.54, 1.807) is 6.07 Å². The lowest BCUT2D eigenvalue weighted by Gasteiger charge is -2.20. The molecule has 5 heteroatoms. The lowest BCUT2D eigenvalue weighted by atomic mass is 10.1. The summed E-state index contributed by atoms with van der Waals surface area (Å²) in [6.07, 6.45) is 0. The molecule has 0 saturated heterocycles. The first-order valence-electron chi connectivity index (χ1n) is 5.01. The van der Waals surface area contributed by atoms with Crippen LogP contribution in [0.1, 0.15) is 18.5 Å². The van der Waals surface area contributed by atoms with E-state index in [1.807, 2.05) is 6.92 Å². The third kappa shape index (κ3) is 3.42. The zero-order valence-electron chi connectivity index (χ0n) is 8.95. The Kier molecular flexibility index (Phi) is 5.15. The number of halogens is 2. The number of aliphatic hydroxyl groups is 2. The molecule has 0 amide bonds. The van der Waals surface area contributed by atoms with Crippen molar-refractivity contribution >= 4 is 11.6 Å². The molecule has 1 atom stereocenters. The average Bonchev–Trinajstić information content (AvgIpc) is 2.29. The molecule has 1 aromatic rings. The summed E-state index contributed by atoms with van der Waals surface area (Å²) in [5.74, 6) is -0.475. The quantitative estimate of drug-likeness (QED) is 0.739. The van der Waals surface area contributed by atoms with Gasteiger partial charge in [-0.3, -0.25) is 0 Å². The van der Waals surface area contributed by atoms with Crippen LogP contribution in [-0.2, 0) is 0 Å². The van der Waals surface area contributed by atoms with Gasteiger partial charge in [-0.25, -0.2) is 4.39 Å². The Morgan fingerprint density at radius 3 is 2.50 bits per heavy atom. The summed E-state index contributed by atoms with van der Waals surface area (Å²) >= 11 is 5.57. The highest BCUT2D eigenvalue weighted by atomic mass is 35.5. The molecule has 0 radical (unpaired) electrons. The van der Waals surface area contributed by atoms with Crippen molar-refractivity contribution in [3.8, 4) is 0 Å². The summed E-state index contributed by atoms with van der Waals surface area (Å²) in [5, 5.41) is 20.9. The first-order chi connectivity index (χ1) is 7.58. The summed E-state index contributed by atoms with van der Waals surface area (Å²) in [4.78, 5) is 0. The molecule has 1 unspecified atom stereocenters. The highest BCUT2D eigenvalue weighted by Gasteiger charge is 2.12. The Morgan fingerprint density at radius 1 is 1.38 bits per heavy atom. The maximum atomic E-state index is 13.2. The topological polar surface area (TPSA) is 52.5 Å². The van der Waals surface area contributed by atoms with Crippen LogP contribution < -0.4 is 5.32 Å². The molecule has 0 aliphatic heterocycles. The Morgan fingerprint density at radius 2 is 2.00 bits per heavy atom. The molecule has 0 fully saturated rings. The van der Waals surface area contributed by atoms with Crippen LogP contribution in [-0.4, -0.2) is 29.5 Å². The zero-order chi connectivity index (χ0) is 12.1. The van der Waals surface area contributed by atoms with Crippen molar-refractivity contribution < 1.29 is 14.6 Å². The minimum atomic E-state index is -0.475. The third-order valence-corrected chi connectivity index (χ3v) is 2.68. The van der Waals surface area contributed by atoms with E-state index in [0.717, 1.165) is 0 Å². The van der Waals surface area contributed by atoms with Gasteiger partial charge in [-0.1, -0.05) is 17.7 Å². The molecule has 3 N–H and O–H groups in total. The van der Waals surface area contributed by atoms with E-state index >= 15 is 0 Å². The van der Waals surface area contributed by atoms with Crippen molar-refractivity contribution in [1.29, 1.82) is 0 Å². The normalized spacial score (nSPS) is 13.1. The second-order valence-corrected chi connectivity index (χ2v) is 4.03. The van der Waals surface area contributed by atoms with Gasteiger partial charge in [-0.05, 0) is 24.6 Å². The minimum Gasteiger partial charge on any atom is -0.395 e. The SMILES string of the molecule is CC(NC(CO)CO)c1ccc(Cl)c(F)c1. The van der Waals surface area contributed by atoms with Crippen LogP contribution in [0, 0.1) is 5.82 Å². The monoisotopic (exact) mass is 247 g/mol. The van der Waals surface area contributed by atoms with Crippen LogP contribution in [0.15, 0.2) is 18.2 Å². The summed E-state index contributed by atoms with van der Waals surface area (Å²) in [7, 11) is 0. The van der Waals surface area contributed by atoms with Gasteiger partial charge < -0.3 is 15.5 Å². The molecule has 0 aliphatic carbocycles. The molecular formula is C11H15ClFNO2. The van der Waals surface area contributed by atoms with Crippen molar-refractivity contribution in [3.05, 3.63) is 34.6 Å². The van der Waals surface area contributed by atoms with Crippen LogP contribution in [0.25, 0.3) is 0 Å². The van der Waals surface area contributed by atoms with E-state index in [0.29, 0.717) is 5.56 Å². The van der Waals surface area contributed by atoms with E-state index in [4.69, 9.17) is 21.8 Å². The third-order valence-electron chi connectivity index (χ3n) is 2.37. The van der Waals surface area contributed by atoms with Gasteiger partial charge in [0.15, 0.2) is 0 Å². The van der Waals surface area contributed by atoms with Gasteiger partial charge in [0.2, 0.25) is 0 Å². The Hall–Kier alpha value is -0.680. The van der Waals surface area contributed by atoms with E-state index in [-0.39, 0.29) is 24.3 Å². The summed E-state index contributed by atoms with van der Waals surface area (Å²) in [5.41, 5.74) is 0.716. The van der Waals surface area contributed by atoms with Gasteiger partial charge in [-0.15, -0.1) is 0 Å². The maximum absolute atomic E-state index is 13.2. The first-order valence-corrected chi connectivity index (χ1v) is 5.39. The molecule has 3 nitrogen and oxygen atoms in total. The van der Waals surface area contributed by atoms with Gasteiger partial charge in [0.25, 0.3) is 0 Å². The van der Waals surface area contributed by atoms with Crippen LogP contribution in [0.5, 0.6) is 0 Å². The molecule has 1 aromatic carbocycles. The van der Waals surface area contributed by atoms with Crippen molar-refractivity contribution in [2.75, 3.05) is 13.2 Å². The summed E-state index contributed by atoms with van der Waals surface area (Å²) < 4.78 is 13.2. The number of benzene rings is 1. The van der Waals surface area contributed by atoms with E-state index < -0.39 is 11.9 Å². The van der Waals surface area contributed by atoms with Crippen LogP contribution >= 0.6 is 11.6 Å². The second-order valence-electron chi connectivity index (χ2n) is 3.62. The van der Waals surface area contributed by atoms with Gasteiger partial charge in [0.1, 0.15) is 5.82 Å². The molecule has 0 aliphatic rings. The first kappa shape index (κ1) is 13.4. The summed E-state index contributed by atoms with van der Waals surface area (Å²) in [6.45, 7) is 1.48. The average molecular weight is 248 g/mol. The van der Waals surface area contributed by atoms with E-state index in [2.05, 4.69) is 5.32 Å². The largest absolute Gasteiger partial charge is 0.395 e. The van der Waals surface area contributed by atoms with Crippen molar-refractivity contribution in [1.82, 2.24) is 5.32 Å². The highest BCUT2D eigenvalue weighted by Crippen LogP contribution is 2.20. The number of hydrogen-bond donors (Lipinski definition) is 3. The Bertz CT molecular complexity index is 345. The molecule has 0 bridgehead atoms. The molecule has 0 heterocycles. The standard InChI is InChI=1S/C11H15ClFNO2/c1-7(14-9(5-15)6-16)8-2-3-10(12)11(13)4-8/h2-4,7,9,14-16H,5-6H2,1H3. The lowest BCUT2D eigenvalue weighted by molar-refractivity contribution is 0.163. The smallest absolute Gasteiger partial charge is 0.142 e. The fourth-order valence-corrected chi connectivity index (χ4v) is 1.51. The Balaban J connectivity index is 2.72. The van der Waals surface area contributed by atoms with Gasteiger partial charge in [0, 0.05) is 6.04 Å². The molecule has 0 saturated carbocycles. The fourth-order valence-electron chi connectivity index (χ4n) is 1.39. The number of hydrogen-bond acceptors (Lipinski definition) is 3. The van der Waals surface area contributed by atoms with Crippen LogP contribution in [0.2, 0.25) is 5.02 Å². The van der Waals surface area contributed by atoms with Crippen LogP contribution in [0.3, 0.4) is 0 Å². The van der Waals surface area contributed by atoms with E-state index in [9.17, 15) is 4.39 Å². The molecule has 1 rings (SSSR count). The second kappa shape index (κ2) is 6.15. The minimum absolute atomic E-state index is 0.0804. The zero-order valence-corrected chi connectivity index (χ0v) is 9.71. The van der Waals surface area contributed by atoms with Crippen molar-refractivity contribution in [3.63, 3.8) is 0 Å². The molecule has 0 spiro atoms. The maximum Gasteiger partial charge on any atom is 0.142 e. The summed E-state index contributed by atoms with van der Waals surface area (Å²) in [6, 6.07) is 3.95. The molecular weight excluding hydrogens is 233 g/mol. The number of aliphatic hydroxyl groups excluding tert-OH is 2. The van der Waals surface area contributed by atoms with Gasteiger partial charge in [-0.2, -0.15) is 0 Å². The van der Waals surface area contributed by atoms with Crippen LogP contribution in [0.4, 0.5) is 4.39 Å². The van der Waals surface area contributed by atoms with Crippen molar-refractivity contribution in [2.45, 2.75) is 19.0 Å². The predicted molar refractivity (Wildman–Crippen MR) is 60.9 cm³/mol. The number of rotatable bonds is 5.